The topological polar surface area (TPSA) is 139 Å². The number of phosphoric acid groups is 2. The zero-order valence-corrected chi connectivity index (χ0v) is 13.0. The molecule has 0 aliphatic carbocycles. The minimum atomic E-state index is -6.07. The summed E-state index contributed by atoms with van der Waals surface area (Å²) in [4.78, 5) is 37.4. The number of unbranched alkanes of at least 4 members (excludes halogenated alkanes) is 1. The van der Waals surface area contributed by atoms with Crippen LogP contribution in [0, 0.1) is 0 Å². The van der Waals surface area contributed by atoms with E-state index in [1.807, 2.05) is 0 Å². The van der Waals surface area contributed by atoms with E-state index in [0.29, 0.717) is 0 Å². The minimum absolute atomic E-state index is 0.357. The highest BCUT2D eigenvalue weighted by molar-refractivity contribution is 7.46. The molecule has 0 saturated carbocycles. The summed E-state index contributed by atoms with van der Waals surface area (Å²) in [5.41, 5.74) is 0. The predicted octanol–water partition coefficient (Wildman–Crippen LogP) is 0.720. The van der Waals surface area contributed by atoms with Crippen LogP contribution in [0.2, 0.25) is 0 Å². The molecule has 0 aliphatic rings. The molecule has 1 atom stereocenters. The molecule has 0 aromatic carbocycles. The maximum Gasteiger partial charge on any atom is 0.469 e. The number of hydrogen-bond donors (Lipinski definition) is 2. The maximum atomic E-state index is 13.4. The number of halogens is 5. The van der Waals surface area contributed by atoms with Gasteiger partial charge < -0.3 is 28.7 Å². The van der Waals surface area contributed by atoms with Crippen molar-refractivity contribution in [2.24, 2.45) is 0 Å². The summed E-state index contributed by atoms with van der Waals surface area (Å²) in [7, 11) is -10.9. The van der Waals surface area contributed by atoms with Gasteiger partial charge in [-0.05, 0) is 19.3 Å². The van der Waals surface area contributed by atoms with Gasteiger partial charge in [-0.3, -0.25) is 4.52 Å². The number of phosphoric ester groups is 2. The van der Waals surface area contributed by atoms with Crippen molar-refractivity contribution in [3.05, 3.63) is 0 Å². The lowest BCUT2D eigenvalue weighted by molar-refractivity contribution is -0.356. The molecule has 15 heteroatoms. The first-order valence-electron chi connectivity index (χ1n) is 5.84. The van der Waals surface area contributed by atoms with Crippen LogP contribution < -0.4 is 9.79 Å². The van der Waals surface area contributed by atoms with Crippen LogP contribution in [0.25, 0.3) is 0 Å². The third kappa shape index (κ3) is 8.50. The van der Waals surface area contributed by atoms with Crippen molar-refractivity contribution in [3.8, 4) is 0 Å². The molecule has 0 amide bonds. The van der Waals surface area contributed by atoms with Crippen LogP contribution in [0.4, 0.5) is 22.0 Å². The van der Waals surface area contributed by atoms with Gasteiger partial charge in [-0.15, -0.1) is 0 Å². The highest BCUT2D eigenvalue weighted by Crippen LogP contribution is 2.44. The van der Waals surface area contributed by atoms with Gasteiger partial charge in [-0.25, -0.2) is 8.96 Å². The van der Waals surface area contributed by atoms with Crippen molar-refractivity contribution < 1.29 is 59.7 Å². The lowest BCUT2D eigenvalue weighted by atomic mass is 10.0. The normalized spacial score (nSPS) is 15.7. The van der Waals surface area contributed by atoms with Crippen molar-refractivity contribution in [2.45, 2.75) is 37.2 Å². The second kappa shape index (κ2) is 8.30. The number of rotatable bonds is 11. The fourth-order valence-corrected chi connectivity index (χ4v) is 2.31. The predicted molar refractivity (Wildman–Crippen MR) is 60.2 cm³/mol. The lowest BCUT2D eigenvalue weighted by Crippen LogP contribution is -2.52. The highest BCUT2D eigenvalue weighted by Gasteiger charge is 2.61. The molecule has 0 saturated heterocycles. The van der Waals surface area contributed by atoms with Gasteiger partial charge in [0.2, 0.25) is 0 Å². The Balaban J connectivity index is 4.84. The van der Waals surface area contributed by atoms with Crippen LogP contribution in [0.3, 0.4) is 0 Å². The molecule has 0 bridgehead atoms. The Bertz CT molecular complexity index is 463. The Morgan fingerprint density at radius 2 is 1.61 bits per heavy atom. The molecule has 8 nitrogen and oxygen atoms in total. The molecule has 0 fully saturated rings. The van der Waals surface area contributed by atoms with Crippen LogP contribution in [-0.4, -0.2) is 41.0 Å². The fourth-order valence-electron chi connectivity index (χ4n) is 1.40. The van der Waals surface area contributed by atoms with Crippen molar-refractivity contribution >= 4 is 15.6 Å². The van der Waals surface area contributed by atoms with E-state index in [1.165, 1.54) is 0 Å². The number of hydrogen-bond acceptors (Lipinski definition) is 6. The second-order valence-electron chi connectivity index (χ2n) is 4.32. The molecule has 0 rings (SSSR count). The third-order valence-electron chi connectivity index (χ3n) is 2.44. The van der Waals surface area contributed by atoms with Gasteiger partial charge in [0.05, 0.1) is 14.4 Å². The summed E-state index contributed by atoms with van der Waals surface area (Å²) in [6, 6.07) is 0. The molecule has 0 aliphatic heterocycles. The van der Waals surface area contributed by atoms with Gasteiger partial charge in [0.1, 0.15) is 6.10 Å². The Morgan fingerprint density at radius 1 is 1.09 bits per heavy atom. The Labute approximate surface area is 127 Å². The van der Waals surface area contributed by atoms with Crippen LogP contribution in [0.5, 0.6) is 0 Å². The lowest BCUT2D eigenvalue weighted by Gasteiger charge is -2.38. The van der Waals surface area contributed by atoms with Gasteiger partial charge in [0.15, 0.2) is 6.67 Å². The Kier molecular flexibility index (Phi) is 8.26. The molecule has 2 N–H and O–H groups in total. The monoisotopic (exact) mass is 394 g/mol. The van der Waals surface area contributed by atoms with E-state index in [9.17, 15) is 40.9 Å². The van der Waals surface area contributed by atoms with Crippen LogP contribution in [-0.2, 0) is 18.2 Å². The average Bonchev–Trinajstić information content (AvgIpc) is 2.33. The van der Waals surface area contributed by atoms with Crippen molar-refractivity contribution in [1.82, 2.24) is 0 Å². The van der Waals surface area contributed by atoms with E-state index in [-0.39, 0.29) is 6.42 Å². The quantitative estimate of drug-likeness (QED) is 0.297. The Hall–Kier alpha value is -0.130. The molecule has 0 spiro atoms. The van der Waals surface area contributed by atoms with Gasteiger partial charge in [0.25, 0.3) is 0 Å². The van der Waals surface area contributed by atoms with Crippen molar-refractivity contribution in [1.29, 1.82) is 0 Å². The highest BCUT2D eigenvalue weighted by atomic mass is 31.2. The molecule has 0 aromatic heterocycles. The van der Waals surface area contributed by atoms with Gasteiger partial charge in [-0.1, -0.05) is 0 Å². The van der Waals surface area contributed by atoms with E-state index >= 15 is 0 Å². The summed E-state index contributed by atoms with van der Waals surface area (Å²) in [6.07, 6.45) is -5.14. The molecule has 140 valence electrons. The molecular weight excluding hydrogens is 381 g/mol. The SMILES string of the molecule is O=P([O-])([O-])OC(CCCCOP(=O)(O)O)C(F)(F)C(F)(F)CF. The van der Waals surface area contributed by atoms with Crippen LogP contribution in [0.1, 0.15) is 19.3 Å². The summed E-state index contributed by atoms with van der Waals surface area (Å²) in [6.45, 7) is -3.47. The van der Waals surface area contributed by atoms with E-state index in [0.717, 1.165) is 0 Å². The summed E-state index contributed by atoms with van der Waals surface area (Å²) >= 11 is 0. The van der Waals surface area contributed by atoms with Gasteiger partial charge in [-0.2, -0.15) is 17.6 Å². The van der Waals surface area contributed by atoms with Crippen molar-refractivity contribution in [3.63, 3.8) is 0 Å². The third-order valence-corrected chi connectivity index (χ3v) is 3.47. The van der Waals surface area contributed by atoms with Crippen molar-refractivity contribution in [2.75, 3.05) is 13.3 Å². The minimum Gasteiger partial charge on any atom is -0.790 e. The molecule has 23 heavy (non-hydrogen) atoms. The smallest absolute Gasteiger partial charge is 0.469 e. The standard InChI is InChI=1S/C8H15F5O8P2/c9-5-7(10,11)8(12,13)6(21-23(17,18)19)3-1-2-4-20-22(14,15)16/h6H,1-5H2,(H2,14,15,16)(H2,17,18,19)/p-2. The van der Waals surface area contributed by atoms with E-state index in [4.69, 9.17) is 9.79 Å². The van der Waals surface area contributed by atoms with E-state index in [1.54, 1.807) is 0 Å². The van der Waals surface area contributed by atoms with Gasteiger partial charge in [0, 0.05) is 0 Å². The summed E-state index contributed by atoms with van der Waals surface area (Å²) in [5.74, 6) is -10.6. The molecule has 0 radical (unpaired) electrons. The Morgan fingerprint density at radius 3 is 2.00 bits per heavy atom. The fraction of sp³-hybridized carbons (Fsp3) is 1.00. The van der Waals surface area contributed by atoms with E-state index in [2.05, 4.69) is 9.05 Å². The van der Waals surface area contributed by atoms with Crippen LogP contribution in [0.15, 0.2) is 0 Å². The first-order chi connectivity index (χ1) is 10.1. The molecule has 0 aromatic rings. The first-order valence-corrected chi connectivity index (χ1v) is 8.83. The molecule has 1 unspecified atom stereocenters. The zero-order chi connectivity index (χ0) is 18.5. The maximum absolute atomic E-state index is 13.4. The zero-order valence-electron chi connectivity index (χ0n) is 11.2. The second-order valence-corrected chi connectivity index (χ2v) is 6.67. The molecule has 0 heterocycles. The van der Waals surface area contributed by atoms with E-state index < -0.39 is 59.7 Å². The average molecular weight is 394 g/mol. The summed E-state index contributed by atoms with van der Waals surface area (Å²) in [5, 5.41) is 0. The number of alkyl halides is 5. The largest absolute Gasteiger partial charge is 0.790 e. The summed E-state index contributed by atoms with van der Waals surface area (Å²) < 4.78 is 92.6. The van der Waals surface area contributed by atoms with Crippen LogP contribution >= 0.6 is 15.6 Å². The first kappa shape index (κ1) is 22.9. The molecular formula is C8H13F5O8P2-2. The van der Waals surface area contributed by atoms with Gasteiger partial charge >= 0.3 is 19.7 Å².